The summed E-state index contributed by atoms with van der Waals surface area (Å²) in [4.78, 5) is 0. The van der Waals surface area contributed by atoms with Gasteiger partial charge in [0.25, 0.3) is 29.1 Å². The lowest BCUT2D eigenvalue weighted by Crippen LogP contribution is -2.30. The fourth-order valence-corrected chi connectivity index (χ4v) is 19.7. The van der Waals surface area contributed by atoms with Gasteiger partial charge in [-0.15, -0.1) is 0 Å². The molecule has 0 bridgehead atoms. The third-order valence-electron chi connectivity index (χ3n) is 27.2. The largest absolute Gasteiger partial charge is 0.295 e. The van der Waals surface area contributed by atoms with Crippen LogP contribution in [0.4, 0.5) is 0 Å². The number of aryl methyl sites for hydroxylation is 10. The zero-order chi connectivity index (χ0) is 103. The lowest BCUT2D eigenvalue weighted by Gasteiger charge is -2.21. The molecular formula is C130H163N10+5. The van der Waals surface area contributed by atoms with Gasteiger partial charge in [-0.2, -0.15) is 22.8 Å². The molecule has 10 nitrogen and oxygen atoms in total. The monoisotopic (exact) mass is 1870 g/mol. The molecule has 0 amide bonds. The maximum atomic E-state index is 8.95. The van der Waals surface area contributed by atoms with Crippen LogP contribution in [0.25, 0.3) is 118 Å². The number of para-hydroxylation sites is 9. The standard InChI is InChI=1S/2C27H31N2.2C26H35N2.C21H19N2.3CH4/c2*1-18(2)21-14-11-15-22(19(3)4)26(21)29-25-17-10-9-16-24(25)28(6)27(29)23-13-8-7-12-20(23)5;2*1-17(2)21-15-23(18(3)4)25(24(16-21)19(5)6)28-14-13-27(8)26(28)22-12-10-9-11-20(22)7;1-16-10-6-7-13-18(16)21-22(2)19-14-8-9-15-20(19)23(21)17-11-4-3-5-12-17;;;/h2*7-19H,1-6H3;2*9-19H,1-8H3;3-15H,1-2H3;3*1H4/q5*+1;;;/i18D,19D;;17D,18D,19D;;;;;. The van der Waals surface area contributed by atoms with Crippen molar-refractivity contribution in [2.45, 2.75) is 254 Å². The molecule has 10 heteroatoms. The molecule has 18 aromatic rings. The van der Waals surface area contributed by atoms with Crippen molar-refractivity contribution in [2.75, 3.05) is 0 Å². The van der Waals surface area contributed by atoms with Gasteiger partial charge in [-0.3, -0.25) is 0 Å². The van der Waals surface area contributed by atoms with Gasteiger partial charge >= 0.3 is 0 Å². The van der Waals surface area contributed by atoms with Crippen molar-refractivity contribution < 1.29 is 29.7 Å². The molecule has 0 spiro atoms. The Hall–Kier alpha value is -13.3. The number of hydrogen-bond acceptors (Lipinski definition) is 0. The molecule has 13 aromatic carbocycles. The van der Waals surface area contributed by atoms with Crippen LogP contribution < -0.4 is 22.8 Å². The van der Waals surface area contributed by atoms with Crippen LogP contribution in [0.15, 0.2) is 310 Å². The molecule has 5 aromatic heterocycles. The number of fused-ring (bicyclic) bond motifs is 3. The Morgan fingerprint density at radius 1 is 0.229 bits per heavy atom. The maximum Gasteiger partial charge on any atom is 0.295 e. The third-order valence-corrected chi connectivity index (χ3v) is 27.2. The van der Waals surface area contributed by atoms with Crippen molar-refractivity contribution in [3.05, 3.63) is 393 Å². The summed E-state index contributed by atoms with van der Waals surface area (Å²) in [6, 6.07) is 101. The van der Waals surface area contributed by atoms with Crippen molar-refractivity contribution in [1.29, 1.82) is 0 Å². The van der Waals surface area contributed by atoms with Gasteiger partial charge in [0.2, 0.25) is 0 Å². The highest BCUT2D eigenvalue weighted by Gasteiger charge is 2.37. The Balaban J connectivity index is 0.000000172. The van der Waals surface area contributed by atoms with Gasteiger partial charge in [0, 0.05) is 51.4 Å². The number of nitrogens with zero attached hydrogens (tertiary/aromatic N) is 10. The van der Waals surface area contributed by atoms with Crippen molar-refractivity contribution >= 4 is 33.1 Å². The summed E-state index contributed by atoms with van der Waals surface area (Å²) < 4.78 is 67.2. The lowest BCUT2D eigenvalue weighted by molar-refractivity contribution is -0.659. The summed E-state index contributed by atoms with van der Waals surface area (Å²) in [5, 5.41) is 0. The smallest absolute Gasteiger partial charge is 0.232 e. The second-order valence-electron chi connectivity index (χ2n) is 40.0. The van der Waals surface area contributed by atoms with Crippen LogP contribution in [0.3, 0.4) is 0 Å². The van der Waals surface area contributed by atoms with Gasteiger partial charge in [-0.25, -0.2) is 22.8 Å². The van der Waals surface area contributed by atoms with Crippen molar-refractivity contribution in [3.63, 3.8) is 0 Å². The van der Waals surface area contributed by atoms with Gasteiger partial charge in [0.05, 0.1) is 63.1 Å². The minimum Gasteiger partial charge on any atom is -0.232 e. The molecule has 0 saturated carbocycles. The minimum absolute atomic E-state index is 0. The highest BCUT2D eigenvalue weighted by Crippen LogP contribution is 2.44. The zero-order valence-corrected chi connectivity index (χ0v) is 87.3. The van der Waals surface area contributed by atoms with E-state index in [0.29, 0.717) is 29.6 Å². The van der Waals surface area contributed by atoms with Gasteiger partial charge in [-0.1, -0.05) is 367 Å². The molecule has 140 heavy (non-hydrogen) atoms. The zero-order valence-electron chi connectivity index (χ0n) is 92.3. The van der Waals surface area contributed by atoms with E-state index in [-0.39, 0.29) is 22.3 Å². The van der Waals surface area contributed by atoms with E-state index in [2.05, 4.69) is 433 Å². The molecule has 0 radical (unpaired) electrons. The fraction of sp³-hybridized carbons (Fsp3) is 0.331. The van der Waals surface area contributed by atoms with E-state index in [1.165, 1.54) is 129 Å². The molecule has 0 fully saturated rings. The van der Waals surface area contributed by atoms with Crippen molar-refractivity contribution in [3.8, 4) is 85.4 Å². The van der Waals surface area contributed by atoms with Crippen LogP contribution in [-0.2, 0) is 35.2 Å². The first-order chi connectivity index (χ1) is 67.0. The van der Waals surface area contributed by atoms with Crippen LogP contribution in [-0.4, -0.2) is 22.8 Å². The Kier molecular flexibility index (Phi) is 32.9. The molecule has 0 aliphatic carbocycles. The van der Waals surface area contributed by atoms with Gasteiger partial charge in [0.1, 0.15) is 53.2 Å². The van der Waals surface area contributed by atoms with Crippen molar-refractivity contribution in [1.82, 2.24) is 22.8 Å². The van der Waals surface area contributed by atoms with Crippen molar-refractivity contribution in [2.24, 2.45) is 35.2 Å². The number of rotatable bonds is 20. The Labute approximate surface area is 848 Å². The molecule has 0 aliphatic heterocycles. The van der Waals surface area contributed by atoms with E-state index in [1.54, 1.807) is 0 Å². The highest BCUT2D eigenvalue weighted by molar-refractivity contribution is 5.84. The molecule has 5 heterocycles. The van der Waals surface area contributed by atoms with Gasteiger partial charge in [0.15, 0.2) is 33.1 Å². The molecule has 0 unspecified atom stereocenters. The summed E-state index contributed by atoms with van der Waals surface area (Å²) >= 11 is 0. The summed E-state index contributed by atoms with van der Waals surface area (Å²) in [6.45, 7) is 52.7. The van der Waals surface area contributed by atoms with Gasteiger partial charge < -0.3 is 0 Å². The molecular weight excluding hydrogens is 1700 g/mol. The van der Waals surface area contributed by atoms with Crippen LogP contribution in [0.5, 0.6) is 0 Å². The normalized spacial score (nSPS) is 12.3. The second kappa shape index (κ2) is 46.2. The summed E-state index contributed by atoms with van der Waals surface area (Å²) in [6.07, 6.45) is 8.44. The minimum atomic E-state index is -0.900. The fourth-order valence-electron chi connectivity index (χ4n) is 19.7. The summed E-state index contributed by atoms with van der Waals surface area (Å²) in [7, 11) is 10.6. The average molecular weight is 1870 g/mol. The number of aromatic nitrogens is 10. The summed E-state index contributed by atoms with van der Waals surface area (Å²) in [5.41, 5.74) is 36.6. The molecule has 728 valence electrons. The SMILES string of the molecule is C.C.C.Cc1ccccc1-c1n(-c2c(C(C)C)cc(C(C)C)cc2C(C)C)cc[n+]1C.Cc1ccccc1-c1n(-c2c(C(C)C)cccc2C(C)C)c2ccccc2[n+]1C.Cc1ccccc1-c1n(-c2ccccc2)c2ccccc2[n+]1C.[2H]C(C)(C)c1cc(C([2H])(C)C)c(-n2cc[n+](C)c2-c2ccccc2C)c(C([2H])(C)C)c1.[2H]C(C)(C)c1cccc(C([2H])(C)C)c1-n1c(-c2ccccc2C)[n+](C)c2ccccc21. The molecule has 0 saturated heterocycles. The Morgan fingerprint density at radius 3 is 0.786 bits per heavy atom. The Morgan fingerprint density at radius 2 is 0.486 bits per heavy atom. The topological polar surface area (TPSA) is 44.0 Å². The van der Waals surface area contributed by atoms with Crippen LogP contribution in [0.2, 0.25) is 0 Å². The van der Waals surface area contributed by atoms with Gasteiger partial charge in [-0.05, 0) is 211 Å². The first kappa shape index (κ1) is 99.7. The predicted molar refractivity (Wildman–Crippen MR) is 599 cm³/mol. The van der Waals surface area contributed by atoms with E-state index in [9.17, 15) is 0 Å². The van der Waals surface area contributed by atoms with Crippen LogP contribution in [0.1, 0.15) is 310 Å². The number of imidazole rings is 5. The first-order valence-electron chi connectivity index (χ1n) is 51.7. The number of benzene rings is 13. The first-order valence-corrected chi connectivity index (χ1v) is 49.2. The molecule has 18 rings (SSSR count). The highest BCUT2D eigenvalue weighted by atomic mass is 15.2. The van der Waals surface area contributed by atoms with E-state index < -0.39 is 29.5 Å². The molecule has 0 atom stereocenters. The summed E-state index contributed by atoms with van der Waals surface area (Å²) in [5.74, 6) is 3.83. The molecule has 0 aliphatic rings. The average Bonchev–Trinajstić information content (AvgIpc) is 1.55. The maximum absolute atomic E-state index is 8.95. The van der Waals surface area contributed by atoms with E-state index in [4.69, 9.17) is 6.85 Å². The second-order valence-corrected chi connectivity index (χ2v) is 40.0. The lowest BCUT2D eigenvalue weighted by atomic mass is 9.87. The molecule has 0 N–H and O–H groups in total. The number of hydrogen-bond donors (Lipinski definition) is 0. The predicted octanol–water partition coefficient (Wildman–Crippen LogP) is 33.0. The quantitative estimate of drug-likeness (QED) is 0.0683. The Bertz CT molecular complexity index is 7470. The van der Waals surface area contributed by atoms with Crippen LogP contribution >= 0.6 is 0 Å². The van der Waals surface area contributed by atoms with E-state index in [1.807, 2.05) is 131 Å². The van der Waals surface area contributed by atoms with Crippen LogP contribution in [0, 0.1) is 34.6 Å². The van der Waals surface area contributed by atoms with E-state index >= 15 is 0 Å². The third kappa shape index (κ3) is 21.7. The van der Waals surface area contributed by atoms with E-state index in [0.717, 1.165) is 73.0 Å².